The van der Waals surface area contributed by atoms with Crippen molar-refractivity contribution >= 4 is 17.6 Å². The highest BCUT2D eigenvalue weighted by Crippen LogP contribution is 2.28. The molecule has 0 bridgehead atoms. The Kier molecular flexibility index (Phi) is 3.93. The van der Waals surface area contributed by atoms with Crippen LogP contribution in [0.15, 0.2) is 34.7 Å². The number of esters is 1. The van der Waals surface area contributed by atoms with Crippen molar-refractivity contribution in [1.29, 1.82) is 0 Å². The normalized spacial score (nSPS) is 12.2. The SMILES string of the molecule is COC(=O)c1ccc(C(N)c2ccc(C)cc2Cl)o1. The monoisotopic (exact) mass is 279 g/mol. The Balaban J connectivity index is 2.31. The number of carbonyl (C=O) groups is 1. The van der Waals surface area contributed by atoms with Gasteiger partial charge in [-0.3, -0.25) is 0 Å². The number of hydrogen-bond donors (Lipinski definition) is 1. The molecule has 2 aromatic rings. The molecule has 0 saturated heterocycles. The van der Waals surface area contributed by atoms with Crippen LogP contribution < -0.4 is 5.73 Å². The molecule has 0 amide bonds. The lowest BCUT2D eigenvalue weighted by Crippen LogP contribution is -2.11. The van der Waals surface area contributed by atoms with Crippen molar-refractivity contribution in [2.45, 2.75) is 13.0 Å². The van der Waals surface area contributed by atoms with E-state index in [0.717, 1.165) is 11.1 Å². The maximum atomic E-state index is 11.3. The van der Waals surface area contributed by atoms with Gasteiger partial charge in [-0.15, -0.1) is 0 Å². The molecule has 1 aromatic carbocycles. The van der Waals surface area contributed by atoms with Gasteiger partial charge in [0.25, 0.3) is 0 Å². The molecule has 100 valence electrons. The van der Waals surface area contributed by atoms with Gasteiger partial charge < -0.3 is 14.9 Å². The molecule has 0 aliphatic carbocycles. The van der Waals surface area contributed by atoms with E-state index in [1.54, 1.807) is 6.07 Å². The molecule has 0 spiro atoms. The van der Waals surface area contributed by atoms with E-state index in [9.17, 15) is 4.79 Å². The molecule has 5 heteroatoms. The number of ether oxygens (including phenoxy) is 1. The zero-order valence-electron chi connectivity index (χ0n) is 10.6. The van der Waals surface area contributed by atoms with Crippen LogP contribution in [0, 0.1) is 6.92 Å². The maximum absolute atomic E-state index is 11.3. The first kappa shape index (κ1) is 13.6. The summed E-state index contributed by atoms with van der Waals surface area (Å²) in [6, 6.07) is 8.26. The largest absolute Gasteiger partial charge is 0.463 e. The van der Waals surface area contributed by atoms with Gasteiger partial charge in [-0.1, -0.05) is 23.7 Å². The molecule has 1 heterocycles. The number of nitrogens with two attached hydrogens (primary N) is 1. The number of methoxy groups -OCH3 is 1. The summed E-state index contributed by atoms with van der Waals surface area (Å²) in [6.07, 6.45) is 0. The Bertz CT molecular complexity index is 606. The van der Waals surface area contributed by atoms with Crippen LogP contribution >= 0.6 is 11.6 Å². The minimum atomic E-state index is -0.534. The summed E-state index contributed by atoms with van der Waals surface area (Å²) in [5.74, 6) is 0.0517. The van der Waals surface area contributed by atoms with Crippen LogP contribution in [0.4, 0.5) is 0 Å². The third-order valence-corrected chi connectivity index (χ3v) is 3.14. The second-order valence-corrected chi connectivity index (χ2v) is 4.60. The molecule has 0 aliphatic heterocycles. The maximum Gasteiger partial charge on any atom is 0.373 e. The van der Waals surface area contributed by atoms with E-state index in [1.807, 2.05) is 25.1 Å². The van der Waals surface area contributed by atoms with Gasteiger partial charge in [-0.25, -0.2) is 4.79 Å². The molecule has 4 nitrogen and oxygen atoms in total. The molecule has 0 saturated carbocycles. The summed E-state index contributed by atoms with van der Waals surface area (Å²) in [5, 5.41) is 0.573. The molecule has 1 aromatic heterocycles. The summed E-state index contributed by atoms with van der Waals surface area (Å²) in [5.41, 5.74) is 7.89. The zero-order valence-corrected chi connectivity index (χ0v) is 11.4. The van der Waals surface area contributed by atoms with E-state index in [1.165, 1.54) is 13.2 Å². The van der Waals surface area contributed by atoms with Gasteiger partial charge in [-0.05, 0) is 36.2 Å². The van der Waals surface area contributed by atoms with Gasteiger partial charge in [0.05, 0.1) is 13.2 Å². The predicted octanol–water partition coefficient (Wildman–Crippen LogP) is 3.08. The summed E-state index contributed by atoms with van der Waals surface area (Å²) in [7, 11) is 1.29. The van der Waals surface area contributed by atoms with Gasteiger partial charge in [-0.2, -0.15) is 0 Å². The molecule has 1 unspecified atom stereocenters. The van der Waals surface area contributed by atoms with Gasteiger partial charge in [0.1, 0.15) is 5.76 Å². The Hall–Kier alpha value is -1.78. The fraction of sp³-hybridized carbons (Fsp3) is 0.214. The first-order valence-electron chi connectivity index (χ1n) is 5.72. The van der Waals surface area contributed by atoms with Gasteiger partial charge in [0.2, 0.25) is 5.76 Å². The molecule has 19 heavy (non-hydrogen) atoms. The fourth-order valence-corrected chi connectivity index (χ4v) is 2.12. The lowest BCUT2D eigenvalue weighted by molar-refractivity contribution is 0.0562. The summed E-state index contributed by atoms with van der Waals surface area (Å²) in [6.45, 7) is 1.95. The van der Waals surface area contributed by atoms with Crippen molar-refractivity contribution in [1.82, 2.24) is 0 Å². The third kappa shape index (κ3) is 2.80. The first-order chi connectivity index (χ1) is 9.02. The van der Waals surface area contributed by atoms with E-state index in [-0.39, 0.29) is 5.76 Å². The van der Waals surface area contributed by atoms with Crippen molar-refractivity contribution < 1.29 is 13.9 Å². The standard InChI is InChI=1S/C14H14ClNO3/c1-8-3-4-9(10(15)7-8)13(16)11-5-6-12(19-11)14(17)18-2/h3-7,13H,16H2,1-2H3. The lowest BCUT2D eigenvalue weighted by Gasteiger charge is -2.11. The highest BCUT2D eigenvalue weighted by molar-refractivity contribution is 6.31. The molecule has 2 N–H and O–H groups in total. The van der Waals surface area contributed by atoms with E-state index in [2.05, 4.69) is 4.74 Å². The molecule has 0 aliphatic rings. The van der Waals surface area contributed by atoms with Crippen LogP contribution in [-0.4, -0.2) is 13.1 Å². The molecular weight excluding hydrogens is 266 g/mol. The van der Waals surface area contributed by atoms with Gasteiger partial charge >= 0.3 is 5.97 Å². The van der Waals surface area contributed by atoms with Crippen molar-refractivity contribution in [2.75, 3.05) is 7.11 Å². The van der Waals surface area contributed by atoms with Crippen LogP contribution in [-0.2, 0) is 4.74 Å². The Morgan fingerprint density at radius 3 is 2.74 bits per heavy atom. The molecule has 1 atom stereocenters. The quantitative estimate of drug-likeness (QED) is 0.877. The van der Waals surface area contributed by atoms with Crippen LogP contribution in [0.3, 0.4) is 0 Å². The number of rotatable bonds is 3. The number of hydrogen-bond acceptors (Lipinski definition) is 4. The average molecular weight is 280 g/mol. The van der Waals surface area contributed by atoms with Crippen LogP contribution in [0.2, 0.25) is 5.02 Å². The van der Waals surface area contributed by atoms with Crippen molar-refractivity contribution in [3.8, 4) is 0 Å². The average Bonchev–Trinajstić information content (AvgIpc) is 2.86. The van der Waals surface area contributed by atoms with Gasteiger partial charge in [0, 0.05) is 5.02 Å². The van der Waals surface area contributed by atoms with E-state index >= 15 is 0 Å². The number of carbonyl (C=O) groups excluding carboxylic acids is 1. The molecule has 0 radical (unpaired) electrons. The summed E-state index contributed by atoms with van der Waals surface area (Å²) >= 11 is 6.16. The van der Waals surface area contributed by atoms with Crippen molar-refractivity contribution in [3.63, 3.8) is 0 Å². The smallest absolute Gasteiger partial charge is 0.373 e. The molecule has 0 fully saturated rings. The Labute approximate surface area is 116 Å². The third-order valence-electron chi connectivity index (χ3n) is 2.81. The first-order valence-corrected chi connectivity index (χ1v) is 6.10. The van der Waals surface area contributed by atoms with Crippen LogP contribution in [0.25, 0.3) is 0 Å². The highest BCUT2D eigenvalue weighted by atomic mass is 35.5. The Morgan fingerprint density at radius 1 is 1.37 bits per heavy atom. The molecule has 2 rings (SSSR count). The van der Waals surface area contributed by atoms with Crippen LogP contribution in [0.1, 0.15) is 33.5 Å². The predicted molar refractivity (Wildman–Crippen MR) is 72.3 cm³/mol. The Morgan fingerprint density at radius 2 is 2.11 bits per heavy atom. The second-order valence-electron chi connectivity index (χ2n) is 4.20. The minimum absolute atomic E-state index is 0.121. The lowest BCUT2D eigenvalue weighted by atomic mass is 10.0. The fourth-order valence-electron chi connectivity index (χ4n) is 1.77. The summed E-state index contributed by atoms with van der Waals surface area (Å²) < 4.78 is 9.95. The van der Waals surface area contributed by atoms with Crippen LogP contribution in [0.5, 0.6) is 0 Å². The number of furan rings is 1. The van der Waals surface area contributed by atoms with Crippen molar-refractivity contribution in [3.05, 3.63) is 58.0 Å². The number of halogens is 1. The topological polar surface area (TPSA) is 65.5 Å². The van der Waals surface area contributed by atoms with Crippen molar-refractivity contribution in [2.24, 2.45) is 5.73 Å². The number of benzene rings is 1. The highest BCUT2D eigenvalue weighted by Gasteiger charge is 2.18. The van der Waals surface area contributed by atoms with E-state index in [4.69, 9.17) is 21.8 Å². The van der Waals surface area contributed by atoms with Gasteiger partial charge in [0.15, 0.2) is 0 Å². The second kappa shape index (κ2) is 5.47. The number of aryl methyl sites for hydroxylation is 1. The van der Waals surface area contributed by atoms with E-state index < -0.39 is 12.0 Å². The molecular formula is C14H14ClNO3. The van der Waals surface area contributed by atoms with E-state index in [0.29, 0.717) is 10.8 Å². The zero-order chi connectivity index (χ0) is 14.0. The minimum Gasteiger partial charge on any atom is -0.463 e. The summed E-state index contributed by atoms with van der Waals surface area (Å²) in [4.78, 5) is 11.3.